The highest BCUT2D eigenvalue weighted by atomic mass is 16.5. The van der Waals surface area contributed by atoms with Gasteiger partial charge in [0.1, 0.15) is 17.4 Å². The summed E-state index contributed by atoms with van der Waals surface area (Å²) in [4.78, 5) is 14.6. The molecule has 1 amide bonds. The summed E-state index contributed by atoms with van der Waals surface area (Å²) in [7, 11) is 5.50. The molecule has 0 aliphatic heterocycles. The Kier molecular flexibility index (Phi) is 7.82. The van der Waals surface area contributed by atoms with E-state index in [9.17, 15) is 10.1 Å². The molecular formula is C22H30N4O3. The number of nitriles is 1. The van der Waals surface area contributed by atoms with E-state index in [1.807, 2.05) is 57.1 Å². The van der Waals surface area contributed by atoms with Crippen molar-refractivity contribution in [3.8, 4) is 6.07 Å². The van der Waals surface area contributed by atoms with Gasteiger partial charge in [-0.2, -0.15) is 5.26 Å². The Balaban J connectivity index is 2.18. The third kappa shape index (κ3) is 5.37. The maximum Gasteiger partial charge on any atom is 0.262 e. The number of methoxy groups -OCH3 is 1. The number of aryl methyl sites for hydroxylation is 1. The molecule has 7 heteroatoms. The lowest BCUT2D eigenvalue weighted by Gasteiger charge is -2.22. The van der Waals surface area contributed by atoms with Crippen molar-refractivity contribution >= 4 is 12.0 Å². The van der Waals surface area contributed by atoms with Crippen LogP contribution < -0.4 is 5.32 Å². The SMILES string of the molecule is COCC(C)n1c(C)cc(/C=C(/C#N)C(=O)NCC(c2ccco2)N(C)C)c1C. The lowest BCUT2D eigenvalue weighted by Crippen LogP contribution is -2.34. The summed E-state index contributed by atoms with van der Waals surface area (Å²) < 4.78 is 12.9. The van der Waals surface area contributed by atoms with Crippen LogP contribution in [-0.2, 0) is 9.53 Å². The zero-order chi connectivity index (χ0) is 21.6. The molecule has 2 heterocycles. The molecule has 1 N–H and O–H groups in total. The number of rotatable bonds is 9. The van der Waals surface area contributed by atoms with Crippen molar-refractivity contribution < 1.29 is 13.9 Å². The Morgan fingerprint density at radius 3 is 2.72 bits per heavy atom. The largest absolute Gasteiger partial charge is 0.468 e. The minimum absolute atomic E-state index is 0.0709. The number of nitrogens with zero attached hydrogens (tertiary/aromatic N) is 3. The van der Waals surface area contributed by atoms with E-state index in [0.29, 0.717) is 13.2 Å². The average Bonchev–Trinajstić information content (AvgIpc) is 3.28. The normalized spacial score (nSPS) is 13.9. The van der Waals surface area contributed by atoms with Gasteiger partial charge in [0.25, 0.3) is 5.91 Å². The number of hydrogen-bond donors (Lipinski definition) is 1. The maximum absolute atomic E-state index is 12.6. The van der Waals surface area contributed by atoms with E-state index in [0.717, 1.165) is 22.7 Å². The fourth-order valence-corrected chi connectivity index (χ4v) is 3.55. The number of aromatic nitrogens is 1. The minimum Gasteiger partial charge on any atom is -0.468 e. The Morgan fingerprint density at radius 1 is 1.45 bits per heavy atom. The predicted molar refractivity (Wildman–Crippen MR) is 112 cm³/mol. The topological polar surface area (TPSA) is 83.4 Å². The van der Waals surface area contributed by atoms with Crippen LogP contribution >= 0.6 is 0 Å². The first-order valence-electron chi connectivity index (χ1n) is 9.57. The van der Waals surface area contributed by atoms with Gasteiger partial charge in [-0.05, 0) is 64.7 Å². The monoisotopic (exact) mass is 398 g/mol. The van der Waals surface area contributed by atoms with E-state index >= 15 is 0 Å². The second kappa shape index (κ2) is 10.1. The van der Waals surface area contributed by atoms with Crippen molar-refractivity contribution in [2.24, 2.45) is 0 Å². The molecule has 0 radical (unpaired) electrons. The fraction of sp³-hybridized carbons (Fsp3) is 0.455. The summed E-state index contributed by atoms with van der Waals surface area (Å²) in [5.41, 5.74) is 2.98. The second-order valence-electron chi connectivity index (χ2n) is 7.38. The van der Waals surface area contributed by atoms with E-state index in [4.69, 9.17) is 9.15 Å². The first kappa shape index (κ1) is 22.5. The molecule has 7 nitrogen and oxygen atoms in total. The molecule has 0 aliphatic carbocycles. The summed E-state index contributed by atoms with van der Waals surface area (Å²) in [5.74, 6) is 0.356. The lowest BCUT2D eigenvalue weighted by atomic mass is 10.1. The number of nitrogens with one attached hydrogen (secondary N) is 1. The smallest absolute Gasteiger partial charge is 0.262 e. The molecule has 0 aliphatic rings. The molecule has 2 rings (SSSR count). The molecule has 0 saturated heterocycles. The van der Waals surface area contributed by atoms with Crippen LogP contribution in [0.2, 0.25) is 0 Å². The molecule has 0 bridgehead atoms. The quantitative estimate of drug-likeness (QED) is 0.518. The predicted octanol–water partition coefficient (Wildman–Crippen LogP) is 3.23. The van der Waals surface area contributed by atoms with Crippen molar-refractivity contribution in [3.63, 3.8) is 0 Å². The molecule has 29 heavy (non-hydrogen) atoms. The third-order valence-electron chi connectivity index (χ3n) is 4.99. The van der Waals surface area contributed by atoms with Crippen LogP contribution in [0.15, 0.2) is 34.5 Å². The van der Waals surface area contributed by atoms with Gasteiger partial charge in [-0.3, -0.25) is 9.69 Å². The maximum atomic E-state index is 12.6. The van der Waals surface area contributed by atoms with E-state index in [1.165, 1.54) is 0 Å². The summed E-state index contributed by atoms with van der Waals surface area (Å²) in [6, 6.07) is 7.74. The van der Waals surface area contributed by atoms with Crippen LogP contribution in [0, 0.1) is 25.2 Å². The van der Waals surface area contributed by atoms with Crippen LogP contribution in [0.25, 0.3) is 6.08 Å². The molecule has 0 aromatic carbocycles. The Hall–Kier alpha value is -2.82. The van der Waals surface area contributed by atoms with Gasteiger partial charge in [-0.25, -0.2) is 0 Å². The Bertz CT molecular complexity index is 888. The lowest BCUT2D eigenvalue weighted by molar-refractivity contribution is -0.117. The molecular weight excluding hydrogens is 368 g/mol. The number of carbonyl (C=O) groups excluding carboxylic acids is 1. The first-order chi connectivity index (χ1) is 13.8. The summed E-state index contributed by atoms with van der Waals surface area (Å²) in [5, 5.41) is 12.4. The number of carbonyl (C=O) groups is 1. The van der Waals surface area contributed by atoms with Gasteiger partial charge in [0.15, 0.2) is 0 Å². The molecule has 156 valence electrons. The molecule has 2 aromatic heterocycles. The van der Waals surface area contributed by atoms with Crippen molar-refractivity contribution in [1.29, 1.82) is 5.26 Å². The number of ether oxygens (including phenoxy) is 1. The molecule has 2 atom stereocenters. The van der Waals surface area contributed by atoms with Crippen molar-refractivity contribution in [2.45, 2.75) is 32.9 Å². The number of likely N-dealkylation sites (N-methyl/N-ethyl adjacent to an activating group) is 1. The Labute approximate surface area is 172 Å². The van der Waals surface area contributed by atoms with Gasteiger partial charge in [-0.1, -0.05) is 0 Å². The summed E-state index contributed by atoms with van der Waals surface area (Å²) in [6.45, 7) is 6.99. The molecule has 0 spiro atoms. The third-order valence-corrected chi connectivity index (χ3v) is 4.99. The van der Waals surface area contributed by atoms with Crippen LogP contribution in [0.4, 0.5) is 0 Å². The fourth-order valence-electron chi connectivity index (χ4n) is 3.55. The van der Waals surface area contributed by atoms with Crippen molar-refractivity contribution in [3.05, 3.63) is 52.7 Å². The standard InChI is InChI=1S/C22H30N4O3/c1-15-10-18(17(3)26(15)16(2)14-28-6)11-19(12-23)22(27)24-13-20(25(4)5)21-8-7-9-29-21/h7-11,16,20H,13-14H2,1-6H3,(H,24,27)/b19-11-. The van der Waals surface area contributed by atoms with Crippen LogP contribution in [0.3, 0.4) is 0 Å². The van der Waals surface area contributed by atoms with Gasteiger partial charge in [0, 0.05) is 25.0 Å². The molecule has 0 saturated carbocycles. The van der Waals surface area contributed by atoms with Crippen LogP contribution in [-0.4, -0.2) is 49.7 Å². The molecule has 0 fully saturated rings. The first-order valence-corrected chi connectivity index (χ1v) is 9.57. The average molecular weight is 399 g/mol. The second-order valence-corrected chi connectivity index (χ2v) is 7.38. The van der Waals surface area contributed by atoms with Gasteiger partial charge >= 0.3 is 0 Å². The summed E-state index contributed by atoms with van der Waals surface area (Å²) >= 11 is 0. The zero-order valence-electron chi connectivity index (χ0n) is 18.0. The number of hydrogen-bond acceptors (Lipinski definition) is 5. The van der Waals surface area contributed by atoms with Gasteiger partial charge < -0.3 is 19.0 Å². The Morgan fingerprint density at radius 2 is 2.17 bits per heavy atom. The van der Waals surface area contributed by atoms with E-state index in [1.54, 1.807) is 19.4 Å². The van der Waals surface area contributed by atoms with E-state index in [-0.39, 0.29) is 17.7 Å². The van der Waals surface area contributed by atoms with Gasteiger partial charge in [-0.15, -0.1) is 0 Å². The molecule has 2 unspecified atom stereocenters. The summed E-state index contributed by atoms with van der Waals surface area (Å²) in [6.07, 6.45) is 3.25. The van der Waals surface area contributed by atoms with E-state index in [2.05, 4.69) is 16.8 Å². The van der Waals surface area contributed by atoms with Gasteiger partial charge in [0.2, 0.25) is 0 Å². The highest BCUT2D eigenvalue weighted by Gasteiger charge is 2.20. The van der Waals surface area contributed by atoms with Crippen LogP contribution in [0.1, 0.15) is 41.7 Å². The zero-order valence-corrected chi connectivity index (χ0v) is 18.0. The van der Waals surface area contributed by atoms with E-state index < -0.39 is 5.91 Å². The molecule has 2 aromatic rings. The number of amides is 1. The van der Waals surface area contributed by atoms with Crippen molar-refractivity contribution in [2.75, 3.05) is 34.4 Å². The number of furan rings is 1. The van der Waals surface area contributed by atoms with Gasteiger partial charge in [0.05, 0.1) is 25.0 Å². The highest BCUT2D eigenvalue weighted by Crippen LogP contribution is 2.23. The highest BCUT2D eigenvalue weighted by molar-refractivity contribution is 6.01. The minimum atomic E-state index is -0.402. The van der Waals surface area contributed by atoms with Crippen LogP contribution in [0.5, 0.6) is 0 Å². The van der Waals surface area contributed by atoms with Crippen molar-refractivity contribution in [1.82, 2.24) is 14.8 Å².